The standard InChI is InChI=1S/C5H3ClN2O2S.C2H6/c6-11-5-4(8(9)10)2-1-3-7-5;1-2/h1-3H;1-2H3. The summed E-state index contributed by atoms with van der Waals surface area (Å²) >= 11 is 0. The van der Waals surface area contributed by atoms with E-state index in [0.29, 0.717) is 0 Å². The molecule has 0 amide bonds. The van der Waals surface area contributed by atoms with Gasteiger partial charge in [0.2, 0.25) is 0 Å². The summed E-state index contributed by atoms with van der Waals surface area (Å²) in [6.07, 6.45) is 1.46. The fourth-order valence-electron chi connectivity index (χ4n) is 0.581. The molecule has 0 saturated carbocycles. The van der Waals surface area contributed by atoms with E-state index < -0.39 is 4.92 Å². The SMILES string of the molecule is CC.O=[N+]([O-])c1cccnc1SCl. The van der Waals surface area contributed by atoms with E-state index in [4.69, 9.17) is 10.7 Å². The van der Waals surface area contributed by atoms with Gasteiger partial charge >= 0.3 is 5.69 Å². The van der Waals surface area contributed by atoms with Crippen molar-refractivity contribution in [2.24, 2.45) is 0 Å². The van der Waals surface area contributed by atoms with Gasteiger partial charge in [0.05, 0.1) is 4.92 Å². The van der Waals surface area contributed by atoms with Gasteiger partial charge in [0.15, 0.2) is 5.03 Å². The molecule has 0 aliphatic heterocycles. The number of nitro groups is 1. The highest BCUT2D eigenvalue weighted by atomic mass is 35.7. The molecule has 0 aliphatic rings. The van der Waals surface area contributed by atoms with Crippen LogP contribution in [0.5, 0.6) is 0 Å². The summed E-state index contributed by atoms with van der Waals surface area (Å²) in [5.74, 6) is 0. The maximum atomic E-state index is 10.3. The molecule has 0 N–H and O–H groups in total. The van der Waals surface area contributed by atoms with Crippen molar-refractivity contribution in [3.8, 4) is 0 Å². The van der Waals surface area contributed by atoms with Gasteiger partial charge in [-0.2, -0.15) is 0 Å². The van der Waals surface area contributed by atoms with Crippen LogP contribution < -0.4 is 0 Å². The molecule has 6 heteroatoms. The molecule has 1 aromatic rings. The van der Waals surface area contributed by atoms with Crippen LogP contribution in [-0.4, -0.2) is 9.91 Å². The van der Waals surface area contributed by atoms with Crippen LogP contribution in [0.25, 0.3) is 0 Å². The van der Waals surface area contributed by atoms with Gasteiger partial charge in [-0.3, -0.25) is 10.1 Å². The molecular weight excluding hydrogens is 212 g/mol. The molecule has 1 aromatic heterocycles. The predicted octanol–water partition coefficient (Wildman–Crippen LogP) is 3.26. The molecule has 0 saturated heterocycles. The van der Waals surface area contributed by atoms with Gasteiger partial charge in [-0.25, -0.2) is 4.98 Å². The summed E-state index contributed by atoms with van der Waals surface area (Å²) in [5, 5.41) is 10.5. The van der Waals surface area contributed by atoms with Crippen molar-refractivity contribution in [1.82, 2.24) is 4.98 Å². The number of hydrogen-bond acceptors (Lipinski definition) is 4. The number of aromatic nitrogens is 1. The lowest BCUT2D eigenvalue weighted by molar-refractivity contribution is -0.388. The summed E-state index contributed by atoms with van der Waals surface area (Å²) in [6.45, 7) is 4.00. The van der Waals surface area contributed by atoms with Gasteiger partial charge in [-0.05, 0) is 16.7 Å². The van der Waals surface area contributed by atoms with Crippen molar-refractivity contribution in [2.75, 3.05) is 0 Å². The monoisotopic (exact) mass is 220 g/mol. The number of halogens is 1. The van der Waals surface area contributed by atoms with Gasteiger partial charge < -0.3 is 0 Å². The number of pyridine rings is 1. The van der Waals surface area contributed by atoms with Gasteiger partial charge in [0, 0.05) is 23.2 Å². The second-order valence-corrected chi connectivity index (χ2v) is 2.67. The van der Waals surface area contributed by atoms with Gasteiger partial charge in [0.1, 0.15) is 0 Å². The second kappa shape index (κ2) is 6.68. The van der Waals surface area contributed by atoms with Crippen molar-refractivity contribution in [2.45, 2.75) is 18.9 Å². The number of nitrogens with zero attached hydrogens (tertiary/aromatic N) is 2. The van der Waals surface area contributed by atoms with Crippen LogP contribution in [0.2, 0.25) is 0 Å². The molecule has 1 heterocycles. The predicted molar refractivity (Wildman–Crippen MR) is 53.9 cm³/mol. The van der Waals surface area contributed by atoms with E-state index >= 15 is 0 Å². The van der Waals surface area contributed by atoms with E-state index in [0.717, 1.165) is 11.0 Å². The molecule has 4 nitrogen and oxygen atoms in total. The van der Waals surface area contributed by atoms with E-state index in [2.05, 4.69) is 4.98 Å². The van der Waals surface area contributed by atoms with Crippen LogP contribution in [0.3, 0.4) is 0 Å². The zero-order chi connectivity index (χ0) is 10.3. The Labute approximate surface area is 85.0 Å². The summed E-state index contributed by atoms with van der Waals surface area (Å²) in [5.41, 5.74) is -0.0625. The summed E-state index contributed by atoms with van der Waals surface area (Å²) in [4.78, 5) is 13.5. The zero-order valence-electron chi connectivity index (χ0n) is 7.23. The Morgan fingerprint density at radius 3 is 2.62 bits per heavy atom. The van der Waals surface area contributed by atoms with E-state index in [1.54, 1.807) is 0 Å². The fraction of sp³-hybridized carbons (Fsp3) is 0.286. The quantitative estimate of drug-likeness (QED) is 0.567. The Balaban J connectivity index is 0.000000671. The Hall–Kier alpha value is -0.810. The van der Waals surface area contributed by atoms with E-state index in [-0.39, 0.29) is 10.7 Å². The highest BCUT2D eigenvalue weighted by Crippen LogP contribution is 2.28. The molecule has 0 fully saturated rings. The van der Waals surface area contributed by atoms with Crippen LogP contribution in [0.4, 0.5) is 5.69 Å². The number of rotatable bonds is 2. The normalized spacial score (nSPS) is 8.54. The van der Waals surface area contributed by atoms with Crippen LogP contribution in [0.15, 0.2) is 23.4 Å². The van der Waals surface area contributed by atoms with Crippen LogP contribution in [0.1, 0.15) is 13.8 Å². The maximum Gasteiger partial charge on any atom is 0.302 e. The smallest absolute Gasteiger partial charge is 0.258 e. The number of hydrogen-bond donors (Lipinski definition) is 0. The Bertz CT molecular complexity index is 283. The molecular formula is C7H9ClN2O2S. The summed E-state index contributed by atoms with van der Waals surface area (Å²) in [7, 11) is 6.07. The first-order valence-electron chi connectivity index (χ1n) is 3.63. The van der Waals surface area contributed by atoms with E-state index in [9.17, 15) is 10.1 Å². The average Bonchev–Trinajstić information content (AvgIpc) is 2.20. The fourth-order valence-corrected chi connectivity index (χ4v) is 1.26. The molecule has 0 aliphatic carbocycles. The highest BCUT2D eigenvalue weighted by molar-refractivity contribution is 8.21. The van der Waals surface area contributed by atoms with Crippen molar-refractivity contribution in [1.29, 1.82) is 0 Å². The minimum Gasteiger partial charge on any atom is -0.258 e. The Morgan fingerprint density at radius 2 is 2.23 bits per heavy atom. The topological polar surface area (TPSA) is 56.0 Å². The first-order valence-corrected chi connectivity index (χ1v) is 5.28. The molecule has 0 atom stereocenters. The average molecular weight is 221 g/mol. The second-order valence-electron chi connectivity index (χ2n) is 1.66. The maximum absolute atomic E-state index is 10.3. The van der Waals surface area contributed by atoms with Crippen molar-refractivity contribution in [3.63, 3.8) is 0 Å². The third kappa shape index (κ3) is 3.61. The van der Waals surface area contributed by atoms with E-state index in [1.165, 1.54) is 18.3 Å². The molecule has 13 heavy (non-hydrogen) atoms. The highest BCUT2D eigenvalue weighted by Gasteiger charge is 2.12. The van der Waals surface area contributed by atoms with Crippen molar-refractivity contribution < 1.29 is 4.92 Å². The molecule has 0 spiro atoms. The van der Waals surface area contributed by atoms with Crippen LogP contribution >= 0.6 is 21.7 Å². The van der Waals surface area contributed by atoms with Gasteiger partial charge in [0.25, 0.3) is 0 Å². The van der Waals surface area contributed by atoms with E-state index in [1.807, 2.05) is 13.8 Å². The van der Waals surface area contributed by atoms with Gasteiger partial charge in [-0.15, -0.1) is 0 Å². The van der Waals surface area contributed by atoms with Crippen molar-refractivity contribution in [3.05, 3.63) is 28.4 Å². The molecule has 72 valence electrons. The Kier molecular flexibility index (Phi) is 6.26. The summed E-state index contributed by atoms with van der Waals surface area (Å²) < 4.78 is 0. The van der Waals surface area contributed by atoms with Gasteiger partial charge in [-0.1, -0.05) is 13.8 Å². The first-order chi connectivity index (χ1) is 6.25. The first kappa shape index (κ1) is 12.2. The molecule has 0 unspecified atom stereocenters. The largest absolute Gasteiger partial charge is 0.302 e. The lowest BCUT2D eigenvalue weighted by Gasteiger charge is -1.93. The minimum absolute atomic E-state index is 0.0625. The summed E-state index contributed by atoms with van der Waals surface area (Å²) in [6, 6.07) is 2.85. The molecule has 0 bridgehead atoms. The third-order valence-corrected chi connectivity index (χ3v) is 1.92. The molecule has 1 rings (SSSR count). The molecule has 0 aromatic carbocycles. The lowest BCUT2D eigenvalue weighted by Crippen LogP contribution is -1.90. The lowest BCUT2D eigenvalue weighted by atomic mass is 10.4. The van der Waals surface area contributed by atoms with Crippen LogP contribution in [-0.2, 0) is 0 Å². The van der Waals surface area contributed by atoms with Crippen molar-refractivity contribution >= 4 is 27.3 Å². The zero-order valence-corrected chi connectivity index (χ0v) is 8.80. The van der Waals surface area contributed by atoms with Crippen LogP contribution in [0, 0.1) is 10.1 Å². The molecule has 0 radical (unpaired) electrons. The Morgan fingerprint density at radius 1 is 1.62 bits per heavy atom. The minimum atomic E-state index is -0.516. The third-order valence-electron chi connectivity index (χ3n) is 1.02.